The summed E-state index contributed by atoms with van der Waals surface area (Å²) in [6.07, 6.45) is 20.4. The maximum Gasteiger partial charge on any atom is 0.0780 e. The van der Waals surface area contributed by atoms with Crippen LogP contribution in [0.2, 0.25) is 0 Å². The lowest BCUT2D eigenvalue weighted by Gasteiger charge is -2.23. The lowest BCUT2D eigenvalue weighted by molar-refractivity contribution is -0.870. The lowest BCUT2D eigenvalue weighted by atomic mass is 10.0. The summed E-state index contributed by atoms with van der Waals surface area (Å²) in [4.78, 5) is 0. The first-order chi connectivity index (χ1) is 9.56. The van der Waals surface area contributed by atoms with Crippen molar-refractivity contribution in [3.05, 3.63) is 0 Å². The van der Waals surface area contributed by atoms with Crippen LogP contribution in [0.15, 0.2) is 0 Å². The van der Waals surface area contributed by atoms with E-state index >= 15 is 0 Å². The molecule has 0 spiro atoms. The SMILES string of the molecule is CCCCCCCCCCCCCCCC[N+](C)(C)C.[OH-]. The van der Waals surface area contributed by atoms with Crippen LogP contribution in [-0.4, -0.2) is 37.6 Å². The first kappa shape index (κ1) is 23.2. The molecule has 0 rings (SSSR count). The molecule has 130 valence electrons. The van der Waals surface area contributed by atoms with Crippen molar-refractivity contribution in [3.63, 3.8) is 0 Å². The molecule has 0 aromatic rings. The van der Waals surface area contributed by atoms with Crippen LogP contribution in [-0.2, 0) is 0 Å². The summed E-state index contributed by atoms with van der Waals surface area (Å²) in [6, 6.07) is 0. The highest BCUT2D eigenvalue weighted by Gasteiger charge is 2.04. The molecule has 21 heavy (non-hydrogen) atoms. The van der Waals surface area contributed by atoms with E-state index in [2.05, 4.69) is 28.1 Å². The van der Waals surface area contributed by atoms with Gasteiger partial charge >= 0.3 is 0 Å². The summed E-state index contributed by atoms with van der Waals surface area (Å²) in [5, 5.41) is 0. The summed E-state index contributed by atoms with van der Waals surface area (Å²) >= 11 is 0. The predicted molar refractivity (Wildman–Crippen MR) is 95.1 cm³/mol. The largest absolute Gasteiger partial charge is 0.870 e. The van der Waals surface area contributed by atoms with E-state index in [-0.39, 0.29) is 5.48 Å². The minimum Gasteiger partial charge on any atom is -0.870 e. The van der Waals surface area contributed by atoms with E-state index in [0.717, 1.165) is 4.48 Å². The highest BCUT2D eigenvalue weighted by Crippen LogP contribution is 2.13. The molecule has 0 aliphatic carbocycles. The molecule has 0 aromatic heterocycles. The molecule has 0 saturated carbocycles. The molecule has 2 heteroatoms. The van der Waals surface area contributed by atoms with Gasteiger partial charge in [-0.15, -0.1) is 0 Å². The van der Waals surface area contributed by atoms with Gasteiger partial charge in [0, 0.05) is 0 Å². The van der Waals surface area contributed by atoms with Crippen molar-refractivity contribution < 1.29 is 9.96 Å². The Balaban J connectivity index is 0. The van der Waals surface area contributed by atoms with E-state index in [1.54, 1.807) is 0 Å². The minimum absolute atomic E-state index is 0. The topological polar surface area (TPSA) is 30.0 Å². The van der Waals surface area contributed by atoms with Gasteiger partial charge in [0.05, 0.1) is 27.7 Å². The Morgan fingerprint density at radius 3 is 1.05 bits per heavy atom. The first-order valence-electron chi connectivity index (χ1n) is 9.36. The van der Waals surface area contributed by atoms with Crippen LogP contribution < -0.4 is 0 Å². The van der Waals surface area contributed by atoms with Gasteiger partial charge in [-0.1, -0.05) is 84.0 Å². The van der Waals surface area contributed by atoms with Crippen molar-refractivity contribution >= 4 is 0 Å². The van der Waals surface area contributed by atoms with Crippen molar-refractivity contribution in [3.8, 4) is 0 Å². The highest BCUT2D eigenvalue weighted by molar-refractivity contribution is 4.49. The normalized spacial score (nSPS) is 11.4. The van der Waals surface area contributed by atoms with Gasteiger partial charge in [0.2, 0.25) is 0 Å². The Morgan fingerprint density at radius 1 is 0.476 bits per heavy atom. The second kappa shape index (κ2) is 16.3. The van der Waals surface area contributed by atoms with Crippen LogP contribution in [0, 0.1) is 0 Å². The lowest BCUT2D eigenvalue weighted by Crippen LogP contribution is -2.35. The third-order valence-corrected chi connectivity index (χ3v) is 4.18. The van der Waals surface area contributed by atoms with E-state index in [0.29, 0.717) is 0 Å². The zero-order valence-electron chi connectivity index (χ0n) is 15.5. The quantitative estimate of drug-likeness (QED) is 0.269. The number of nitrogens with zero attached hydrogens (tertiary/aromatic N) is 1. The van der Waals surface area contributed by atoms with Gasteiger partial charge in [-0.3, -0.25) is 0 Å². The van der Waals surface area contributed by atoms with E-state index < -0.39 is 0 Å². The maximum absolute atomic E-state index is 2.29. The molecule has 0 saturated heterocycles. The fourth-order valence-electron chi connectivity index (χ4n) is 2.78. The fraction of sp³-hybridized carbons (Fsp3) is 1.00. The second-order valence-corrected chi connectivity index (χ2v) is 7.61. The number of quaternary nitrogens is 1. The summed E-state index contributed by atoms with van der Waals surface area (Å²) < 4.78 is 1.12. The first-order valence-corrected chi connectivity index (χ1v) is 9.36. The third kappa shape index (κ3) is 22.3. The third-order valence-electron chi connectivity index (χ3n) is 4.18. The molecule has 0 fully saturated rings. The molecule has 0 heterocycles. The Kier molecular flexibility index (Phi) is 18.0. The zero-order valence-corrected chi connectivity index (χ0v) is 15.5. The standard InChI is InChI=1S/C19H42N.H2O/c1-5-6-7-8-9-10-11-12-13-14-15-16-17-18-19-20(2,3)4;/h5-19H2,1-4H3;1H2/q+1;/p-1. The smallest absolute Gasteiger partial charge is 0.0780 e. The van der Waals surface area contributed by atoms with Crippen molar-refractivity contribution in [1.82, 2.24) is 0 Å². The van der Waals surface area contributed by atoms with E-state index in [9.17, 15) is 0 Å². The second-order valence-electron chi connectivity index (χ2n) is 7.61. The molecule has 2 nitrogen and oxygen atoms in total. The zero-order chi connectivity index (χ0) is 15.1. The number of rotatable bonds is 15. The average Bonchev–Trinajstić information content (AvgIpc) is 2.38. The van der Waals surface area contributed by atoms with Crippen LogP contribution in [0.3, 0.4) is 0 Å². The van der Waals surface area contributed by atoms with Gasteiger partial charge in [-0.2, -0.15) is 0 Å². The molecule has 0 aromatic carbocycles. The van der Waals surface area contributed by atoms with Crippen LogP contribution in [0.5, 0.6) is 0 Å². The average molecular weight is 302 g/mol. The fourth-order valence-corrected chi connectivity index (χ4v) is 2.78. The Labute approximate surface area is 135 Å². The van der Waals surface area contributed by atoms with Gasteiger partial charge in [-0.05, 0) is 12.8 Å². The van der Waals surface area contributed by atoms with E-state index in [1.165, 1.54) is 96.4 Å². The van der Waals surface area contributed by atoms with Crippen molar-refractivity contribution in [2.75, 3.05) is 27.7 Å². The van der Waals surface area contributed by atoms with Crippen LogP contribution in [0.1, 0.15) is 96.8 Å². The molecule has 0 bridgehead atoms. The van der Waals surface area contributed by atoms with Gasteiger partial charge < -0.3 is 9.96 Å². The molecule has 0 radical (unpaired) electrons. The van der Waals surface area contributed by atoms with Crippen molar-refractivity contribution in [1.29, 1.82) is 0 Å². The van der Waals surface area contributed by atoms with Crippen LogP contribution >= 0.6 is 0 Å². The molecular formula is C19H43NO. The number of unbranched alkanes of at least 4 members (excludes halogenated alkanes) is 13. The van der Waals surface area contributed by atoms with Gasteiger partial charge in [0.15, 0.2) is 0 Å². The monoisotopic (exact) mass is 301 g/mol. The Bertz CT molecular complexity index is 186. The number of hydrogen-bond donors (Lipinski definition) is 0. The highest BCUT2D eigenvalue weighted by atomic mass is 16.0. The van der Waals surface area contributed by atoms with Gasteiger partial charge in [0.1, 0.15) is 0 Å². The van der Waals surface area contributed by atoms with E-state index in [4.69, 9.17) is 0 Å². The van der Waals surface area contributed by atoms with Crippen molar-refractivity contribution in [2.24, 2.45) is 0 Å². The number of hydrogen-bond acceptors (Lipinski definition) is 1. The van der Waals surface area contributed by atoms with Gasteiger partial charge in [-0.25, -0.2) is 0 Å². The van der Waals surface area contributed by atoms with Gasteiger partial charge in [0.25, 0.3) is 0 Å². The molecular weight excluding hydrogens is 258 g/mol. The molecule has 0 aliphatic heterocycles. The molecule has 0 unspecified atom stereocenters. The van der Waals surface area contributed by atoms with Crippen molar-refractivity contribution in [2.45, 2.75) is 96.8 Å². The summed E-state index contributed by atoms with van der Waals surface area (Å²) in [5.41, 5.74) is 0. The molecule has 0 aliphatic rings. The van der Waals surface area contributed by atoms with Crippen LogP contribution in [0.25, 0.3) is 0 Å². The molecule has 1 N–H and O–H groups in total. The Morgan fingerprint density at radius 2 is 0.762 bits per heavy atom. The molecule has 0 atom stereocenters. The minimum atomic E-state index is 0. The Hall–Kier alpha value is -0.0800. The van der Waals surface area contributed by atoms with E-state index in [1.807, 2.05) is 0 Å². The summed E-state index contributed by atoms with van der Waals surface area (Å²) in [7, 11) is 6.88. The molecule has 0 amide bonds. The summed E-state index contributed by atoms with van der Waals surface area (Å²) in [6.45, 7) is 3.63. The van der Waals surface area contributed by atoms with Crippen LogP contribution in [0.4, 0.5) is 0 Å². The maximum atomic E-state index is 2.29. The predicted octanol–water partition coefficient (Wildman–Crippen LogP) is 6.00. The summed E-state index contributed by atoms with van der Waals surface area (Å²) in [5.74, 6) is 0.